The normalized spacial score (nSPS) is 13.7. The van der Waals surface area contributed by atoms with Crippen molar-refractivity contribution in [1.29, 1.82) is 0 Å². The third-order valence-corrected chi connectivity index (χ3v) is 3.83. The van der Waals surface area contributed by atoms with Crippen LogP contribution in [-0.4, -0.2) is 31.7 Å². The minimum absolute atomic E-state index is 0.0759. The molecule has 0 spiro atoms. The lowest BCUT2D eigenvalue weighted by molar-refractivity contribution is 0.0981. The van der Waals surface area contributed by atoms with Gasteiger partial charge in [0, 0.05) is 30.3 Å². The first-order valence-electron chi connectivity index (χ1n) is 7.00. The summed E-state index contributed by atoms with van der Waals surface area (Å²) in [5.41, 5.74) is 2.28. The molecule has 1 N–H and O–H groups in total. The summed E-state index contributed by atoms with van der Waals surface area (Å²) in [6.45, 7) is 0.573. The molecule has 0 unspecified atom stereocenters. The van der Waals surface area contributed by atoms with Gasteiger partial charge in [0.2, 0.25) is 0 Å². The number of nitrogens with zero attached hydrogens (tertiary/aromatic N) is 1. The van der Waals surface area contributed by atoms with E-state index >= 15 is 0 Å². The molecule has 0 aliphatic carbocycles. The minimum atomic E-state index is 0.0759. The summed E-state index contributed by atoms with van der Waals surface area (Å²) < 4.78 is 10.3. The van der Waals surface area contributed by atoms with E-state index < -0.39 is 0 Å². The van der Waals surface area contributed by atoms with Crippen LogP contribution in [0, 0.1) is 0 Å². The maximum absolute atomic E-state index is 12.1. The molecule has 0 fully saturated rings. The Morgan fingerprint density at radius 3 is 2.59 bits per heavy atom. The molecule has 0 saturated carbocycles. The lowest BCUT2D eigenvalue weighted by atomic mass is 9.99. The molecule has 2 aromatic carbocycles. The van der Waals surface area contributed by atoms with Gasteiger partial charge in [0.1, 0.15) is 5.75 Å². The molecule has 0 aromatic heterocycles. The summed E-state index contributed by atoms with van der Waals surface area (Å²) in [5.74, 6) is 1.26. The smallest absolute Gasteiger partial charge is 0.166 e. The third kappa shape index (κ3) is 2.35. The first-order chi connectivity index (χ1) is 10.6. The molecule has 5 heteroatoms. The first kappa shape index (κ1) is 14.3. The number of carbonyl (C=O) groups is 1. The largest absolute Gasteiger partial charge is 0.504 e. The Bertz CT molecular complexity index is 727. The highest BCUT2D eigenvalue weighted by Gasteiger charge is 2.25. The number of phenols is 1. The Labute approximate surface area is 128 Å². The zero-order valence-electron chi connectivity index (χ0n) is 12.5. The number of hydrogen-bond acceptors (Lipinski definition) is 5. The van der Waals surface area contributed by atoms with Crippen LogP contribution in [0.3, 0.4) is 0 Å². The van der Waals surface area contributed by atoms with Crippen molar-refractivity contribution in [3.63, 3.8) is 0 Å². The van der Waals surface area contributed by atoms with Gasteiger partial charge in [-0.05, 0) is 30.3 Å². The van der Waals surface area contributed by atoms with E-state index in [4.69, 9.17) is 9.47 Å². The maximum atomic E-state index is 12.1. The predicted octanol–water partition coefficient (Wildman–Crippen LogP) is 3.13. The molecule has 2 aromatic rings. The van der Waals surface area contributed by atoms with Crippen molar-refractivity contribution >= 4 is 17.2 Å². The standard InChI is InChI=1S/C17H17NO4/c1-21-12-4-5-14-13(10-12)15(19)7-8-18(14)11-3-6-17(22-2)16(20)9-11/h3-6,9-10,20H,7-8H2,1-2H3. The lowest BCUT2D eigenvalue weighted by Crippen LogP contribution is -2.28. The molecule has 22 heavy (non-hydrogen) atoms. The van der Waals surface area contributed by atoms with Gasteiger partial charge in [0.25, 0.3) is 0 Å². The average Bonchev–Trinajstić information content (AvgIpc) is 2.55. The van der Waals surface area contributed by atoms with Gasteiger partial charge in [-0.15, -0.1) is 0 Å². The number of fused-ring (bicyclic) bond motifs is 1. The van der Waals surface area contributed by atoms with Crippen molar-refractivity contribution in [2.75, 3.05) is 25.7 Å². The molecular formula is C17H17NO4. The van der Waals surface area contributed by atoms with Crippen LogP contribution in [0.2, 0.25) is 0 Å². The number of benzene rings is 2. The van der Waals surface area contributed by atoms with Crippen LogP contribution in [0.4, 0.5) is 11.4 Å². The van der Waals surface area contributed by atoms with Gasteiger partial charge >= 0.3 is 0 Å². The topological polar surface area (TPSA) is 59.0 Å². The highest BCUT2D eigenvalue weighted by Crippen LogP contribution is 2.38. The van der Waals surface area contributed by atoms with Crippen LogP contribution >= 0.6 is 0 Å². The van der Waals surface area contributed by atoms with Gasteiger partial charge in [0.15, 0.2) is 17.3 Å². The number of hydrogen-bond donors (Lipinski definition) is 1. The van der Waals surface area contributed by atoms with E-state index in [-0.39, 0.29) is 11.5 Å². The molecule has 1 aliphatic heterocycles. The summed E-state index contributed by atoms with van der Waals surface area (Å²) in [5, 5.41) is 9.97. The first-order valence-corrected chi connectivity index (χ1v) is 7.00. The van der Waals surface area contributed by atoms with Gasteiger partial charge in [-0.25, -0.2) is 0 Å². The SMILES string of the molecule is COc1ccc2c(c1)C(=O)CCN2c1ccc(OC)c(O)c1. The molecule has 0 amide bonds. The summed E-state index contributed by atoms with van der Waals surface area (Å²) in [6.07, 6.45) is 0.424. The van der Waals surface area contributed by atoms with Crippen molar-refractivity contribution in [2.24, 2.45) is 0 Å². The van der Waals surface area contributed by atoms with Crippen LogP contribution in [0.5, 0.6) is 17.2 Å². The van der Waals surface area contributed by atoms with Crippen LogP contribution in [0.15, 0.2) is 36.4 Å². The summed E-state index contributed by atoms with van der Waals surface area (Å²) >= 11 is 0. The number of anilines is 2. The van der Waals surface area contributed by atoms with Crippen LogP contribution in [0.25, 0.3) is 0 Å². The predicted molar refractivity (Wildman–Crippen MR) is 83.6 cm³/mol. The van der Waals surface area contributed by atoms with Gasteiger partial charge < -0.3 is 19.5 Å². The van der Waals surface area contributed by atoms with Gasteiger partial charge in [-0.1, -0.05) is 0 Å². The highest BCUT2D eigenvalue weighted by molar-refractivity contribution is 6.04. The Hall–Kier alpha value is -2.69. The molecular weight excluding hydrogens is 282 g/mol. The van der Waals surface area contributed by atoms with Crippen LogP contribution in [0.1, 0.15) is 16.8 Å². The quantitative estimate of drug-likeness (QED) is 0.943. The Balaban J connectivity index is 2.05. The number of methoxy groups -OCH3 is 2. The van der Waals surface area contributed by atoms with Crippen molar-refractivity contribution in [1.82, 2.24) is 0 Å². The van der Waals surface area contributed by atoms with Gasteiger partial charge in [-0.3, -0.25) is 4.79 Å². The highest BCUT2D eigenvalue weighted by atomic mass is 16.5. The van der Waals surface area contributed by atoms with Crippen LogP contribution < -0.4 is 14.4 Å². The fraction of sp³-hybridized carbons (Fsp3) is 0.235. The van der Waals surface area contributed by atoms with Gasteiger partial charge in [0.05, 0.1) is 19.9 Å². The number of Topliss-reactive ketones (excluding diaryl/α,β-unsaturated/α-hetero) is 1. The number of aromatic hydroxyl groups is 1. The summed E-state index contributed by atoms with van der Waals surface area (Å²) in [4.78, 5) is 14.2. The monoisotopic (exact) mass is 299 g/mol. The van der Waals surface area contributed by atoms with E-state index in [9.17, 15) is 9.90 Å². The fourth-order valence-corrected chi connectivity index (χ4v) is 2.68. The number of ether oxygens (including phenoxy) is 2. The minimum Gasteiger partial charge on any atom is -0.504 e. The molecule has 0 bridgehead atoms. The second kappa shape index (κ2) is 5.60. The molecule has 0 saturated heterocycles. The molecule has 3 rings (SSSR count). The van der Waals surface area contributed by atoms with Crippen molar-refractivity contribution < 1.29 is 19.4 Å². The molecule has 0 atom stereocenters. The zero-order chi connectivity index (χ0) is 15.7. The second-order valence-corrected chi connectivity index (χ2v) is 5.06. The van der Waals surface area contributed by atoms with E-state index in [0.717, 1.165) is 11.4 Å². The summed E-state index contributed by atoms with van der Waals surface area (Å²) in [6, 6.07) is 10.7. The van der Waals surface area contributed by atoms with Crippen molar-refractivity contribution in [2.45, 2.75) is 6.42 Å². The molecule has 1 aliphatic rings. The molecule has 0 radical (unpaired) electrons. The number of ketones is 1. The molecule has 5 nitrogen and oxygen atoms in total. The number of phenolic OH excluding ortho intramolecular Hbond substituents is 1. The Morgan fingerprint density at radius 2 is 1.91 bits per heavy atom. The zero-order valence-corrected chi connectivity index (χ0v) is 12.5. The molecule has 114 valence electrons. The average molecular weight is 299 g/mol. The lowest BCUT2D eigenvalue weighted by Gasteiger charge is -2.31. The van der Waals surface area contributed by atoms with E-state index in [1.165, 1.54) is 7.11 Å². The Morgan fingerprint density at radius 1 is 1.09 bits per heavy atom. The maximum Gasteiger partial charge on any atom is 0.166 e. The third-order valence-electron chi connectivity index (χ3n) is 3.83. The fourth-order valence-electron chi connectivity index (χ4n) is 2.68. The summed E-state index contributed by atoms with van der Waals surface area (Å²) in [7, 11) is 3.09. The Kier molecular flexibility index (Phi) is 3.63. The van der Waals surface area contributed by atoms with E-state index in [2.05, 4.69) is 0 Å². The van der Waals surface area contributed by atoms with Crippen molar-refractivity contribution in [3.8, 4) is 17.2 Å². The van der Waals surface area contributed by atoms with E-state index in [1.807, 2.05) is 23.1 Å². The van der Waals surface area contributed by atoms with Gasteiger partial charge in [-0.2, -0.15) is 0 Å². The number of rotatable bonds is 3. The second-order valence-electron chi connectivity index (χ2n) is 5.06. The van der Waals surface area contributed by atoms with E-state index in [0.29, 0.717) is 30.0 Å². The van der Waals surface area contributed by atoms with E-state index in [1.54, 1.807) is 25.3 Å². The number of carbonyl (C=O) groups excluding carboxylic acids is 1. The van der Waals surface area contributed by atoms with Crippen molar-refractivity contribution in [3.05, 3.63) is 42.0 Å². The van der Waals surface area contributed by atoms with Crippen LogP contribution in [-0.2, 0) is 0 Å². The molecule has 1 heterocycles.